The van der Waals surface area contributed by atoms with Crippen molar-refractivity contribution in [1.29, 1.82) is 0 Å². The minimum absolute atomic E-state index is 0.248. The highest BCUT2D eigenvalue weighted by Gasteiger charge is 2.14. The average Bonchev–Trinajstić information content (AvgIpc) is 2.58. The zero-order valence-corrected chi connectivity index (χ0v) is 15.1. The summed E-state index contributed by atoms with van der Waals surface area (Å²) in [6.07, 6.45) is 1.44. The summed E-state index contributed by atoms with van der Waals surface area (Å²) in [5.41, 5.74) is 4.22. The molecule has 0 radical (unpaired) electrons. The van der Waals surface area contributed by atoms with E-state index in [0.717, 1.165) is 11.3 Å². The topological polar surface area (TPSA) is 73.8 Å². The standard InChI is InChI=1S/C17H16Cl2N4O2/c1-23(2)13-6-3-11(4-7-13)10-20-22-17(25)16(24)21-15-9-12(18)5-8-14(15)19/h3-10H,1-2H3,(H,21,24)(H,22,25)/b20-10+. The van der Waals surface area contributed by atoms with Crippen molar-refractivity contribution < 1.29 is 9.59 Å². The molecule has 0 fully saturated rings. The number of nitrogens with one attached hydrogen (secondary N) is 2. The number of hydrazone groups is 1. The van der Waals surface area contributed by atoms with Crippen molar-refractivity contribution in [3.63, 3.8) is 0 Å². The molecule has 0 aliphatic carbocycles. The van der Waals surface area contributed by atoms with Gasteiger partial charge in [0.05, 0.1) is 16.9 Å². The third kappa shape index (κ3) is 5.48. The zero-order chi connectivity index (χ0) is 18.4. The van der Waals surface area contributed by atoms with Gasteiger partial charge in [0.15, 0.2) is 0 Å². The highest BCUT2D eigenvalue weighted by Crippen LogP contribution is 2.25. The lowest BCUT2D eigenvalue weighted by molar-refractivity contribution is -0.136. The molecule has 2 aromatic carbocycles. The first-order chi connectivity index (χ1) is 11.9. The molecular weight excluding hydrogens is 363 g/mol. The van der Waals surface area contributed by atoms with E-state index in [0.29, 0.717) is 5.02 Å². The van der Waals surface area contributed by atoms with E-state index in [4.69, 9.17) is 23.2 Å². The molecule has 0 bridgehead atoms. The van der Waals surface area contributed by atoms with E-state index in [2.05, 4.69) is 15.8 Å². The first-order valence-electron chi connectivity index (χ1n) is 7.23. The molecule has 8 heteroatoms. The number of carbonyl (C=O) groups is 2. The van der Waals surface area contributed by atoms with Gasteiger partial charge >= 0.3 is 11.8 Å². The molecule has 0 spiro atoms. The fraction of sp³-hybridized carbons (Fsp3) is 0.118. The number of benzene rings is 2. The third-order valence-electron chi connectivity index (χ3n) is 3.17. The summed E-state index contributed by atoms with van der Waals surface area (Å²) in [7, 11) is 3.88. The highest BCUT2D eigenvalue weighted by atomic mass is 35.5. The van der Waals surface area contributed by atoms with Crippen molar-refractivity contribution in [1.82, 2.24) is 5.43 Å². The van der Waals surface area contributed by atoms with Crippen LogP contribution in [0, 0.1) is 0 Å². The van der Waals surface area contributed by atoms with Gasteiger partial charge in [-0.25, -0.2) is 5.43 Å². The Morgan fingerprint density at radius 2 is 1.72 bits per heavy atom. The Bertz CT molecular complexity index is 805. The summed E-state index contributed by atoms with van der Waals surface area (Å²) in [6.45, 7) is 0. The van der Waals surface area contributed by atoms with Crippen LogP contribution in [0.1, 0.15) is 5.56 Å². The Balaban J connectivity index is 1.92. The molecule has 6 nitrogen and oxygen atoms in total. The monoisotopic (exact) mass is 378 g/mol. The van der Waals surface area contributed by atoms with Crippen molar-refractivity contribution in [2.75, 3.05) is 24.3 Å². The molecule has 130 valence electrons. The zero-order valence-electron chi connectivity index (χ0n) is 13.6. The van der Waals surface area contributed by atoms with Gasteiger partial charge in [0.1, 0.15) is 0 Å². The van der Waals surface area contributed by atoms with Gasteiger partial charge in [-0.05, 0) is 35.9 Å². The molecule has 0 aliphatic rings. The van der Waals surface area contributed by atoms with Crippen molar-refractivity contribution in [2.24, 2.45) is 5.10 Å². The second-order valence-corrected chi connectivity index (χ2v) is 6.11. The first-order valence-corrected chi connectivity index (χ1v) is 7.99. The second kappa shape index (κ2) is 8.50. The summed E-state index contributed by atoms with van der Waals surface area (Å²) >= 11 is 11.8. The molecule has 0 atom stereocenters. The normalized spacial score (nSPS) is 10.6. The number of rotatable bonds is 4. The molecule has 2 N–H and O–H groups in total. The second-order valence-electron chi connectivity index (χ2n) is 5.26. The van der Waals surface area contributed by atoms with E-state index in [-0.39, 0.29) is 10.7 Å². The molecule has 0 heterocycles. The van der Waals surface area contributed by atoms with Crippen LogP contribution in [0.15, 0.2) is 47.6 Å². The third-order valence-corrected chi connectivity index (χ3v) is 3.74. The Morgan fingerprint density at radius 1 is 1.04 bits per heavy atom. The van der Waals surface area contributed by atoms with Crippen LogP contribution < -0.4 is 15.6 Å². The smallest absolute Gasteiger partial charge is 0.329 e. The minimum Gasteiger partial charge on any atom is -0.378 e. The van der Waals surface area contributed by atoms with Gasteiger partial charge < -0.3 is 10.2 Å². The lowest BCUT2D eigenvalue weighted by Crippen LogP contribution is -2.32. The van der Waals surface area contributed by atoms with Gasteiger partial charge in [-0.3, -0.25) is 9.59 Å². The van der Waals surface area contributed by atoms with Gasteiger partial charge in [-0.2, -0.15) is 5.10 Å². The predicted octanol–water partition coefficient (Wildman–Crippen LogP) is 3.15. The van der Waals surface area contributed by atoms with Crippen LogP contribution in [0.3, 0.4) is 0 Å². The number of anilines is 2. The average molecular weight is 379 g/mol. The fourth-order valence-corrected chi connectivity index (χ4v) is 2.18. The van der Waals surface area contributed by atoms with Gasteiger partial charge in [0, 0.05) is 24.8 Å². The molecule has 25 heavy (non-hydrogen) atoms. The van der Waals surface area contributed by atoms with Gasteiger partial charge in [-0.15, -0.1) is 0 Å². The predicted molar refractivity (Wildman–Crippen MR) is 102 cm³/mol. The summed E-state index contributed by atoms with van der Waals surface area (Å²) < 4.78 is 0. The first kappa shape index (κ1) is 18.8. The summed E-state index contributed by atoms with van der Waals surface area (Å²) in [5.74, 6) is -1.82. The Labute approximate surface area is 155 Å². The Kier molecular flexibility index (Phi) is 6.38. The molecule has 2 amide bonds. The molecule has 0 saturated heterocycles. The molecule has 2 rings (SSSR count). The summed E-state index contributed by atoms with van der Waals surface area (Å²) in [5, 5.41) is 6.79. The number of nitrogens with zero attached hydrogens (tertiary/aromatic N) is 2. The maximum absolute atomic E-state index is 11.8. The van der Waals surface area contributed by atoms with E-state index in [1.165, 1.54) is 18.3 Å². The fourth-order valence-electron chi connectivity index (χ4n) is 1.85. The molecule has 0 unspecified atom stereocenters. The van der Waals surface area contributed by atoms with E-state index in [1.807, 2.05) is 43.3 Å². The largest absolute Gasteiger partial charge is 0.378 e. The van der Waals surface area contributed by atoms with Crippen LogP contribution in [-0.4, -0.2) is 32.1 Å². The number of amides is 2. The van der Waals surface area contributed by atoms with Gasteiger partial charge in [0.25, 0.3) is 0 Å². The number of hydrogen-bond donors (Lipinski definition) is 2. The van der Waals surface area contributed by atoms with Crippen molar-refractivity contribution in [2.45, 2.75) is 0 Å². The van der Waals surface area contributed by atoms with Crippen LogP contribution in [0.4, 0.5) is 11.4 Å². The van der Waals surface area contributed by atoms with E-state index >= 15 is 0 Å². The van der Waals surface area contributed by atoms with Gasteiger partial charge in [0.2, 0.25) is 0 Å². The van der Waals surface area contributed by atoms with Crippen LogP contribution in [0.2, 0.25) is 10.0 Å². The van der Waals surface area contributed by atoms with Crippen LogP contribution in [0.5, 0.6) is 0 Å². The molecule has 2 aromatic rings. The molecule has 0 saturated carbocycles. The van der Waals surface area contributed by atoms with Crippen molar-refractivity contribution >= 4 is 52.6 Å². The molecule has 0 aromatic heterocycles. The quantitative estimate of drug-likeness (QED) is 0.487. The summed E-state index contributed by atoms with van der Waals surface area (Å²) in [6, 6.07) is 12.1. The lowest BCUT2D eigenvalue weighted by Gasteiger charge is -2.11. The van der Waals surface area contributed by atoms with Crippen LogP contribution in [-0.2, 0) is 9.59 Å². The number of hydrogen-bond acceptors (Lipinski definition) is 4. The van der Waals surface area contributed by atoms with Crippen molar-refractivity contribution in [3.05, 3.63) is 58.1 Å². The van der Waals surface area contributed by atoms with Crippen LogP contribution in [0.25, 0.3) is 0 Å². The number of halogens is 2. The Morgan fingerprint density at radius 3 is 2.36 bits per heavy atom. The van der Waals surface area contributed by atoms with E-state index < -0.39 is 11.8 Å². The van der Waals surface area contributed by atoms with Crippen LogP contribution >= 0.6 is 23.2 Å². The molecular formula is C17H16Cl2N4O2. The van der Waals surface area contributed by atoms with E-state index in [1.54, 1.807) is 6.07 Å². The Hall–Kier alpha value is -2.57. The minimum atomic E-state index is -0.919. The highest BCUT2D eigenvalue weighted by molar-refractivity contribution is 6.42. The maximum Gasteiger partial charge on any atom is 0.329 e. The summed E-state index contributed by atoms with van der Waals surface area (Å²) in [4.78, 5) is 25.6. The van der Waals surface area contributed by atoms with Gasteiger partial charge in [-0.1, -0.05) is 35.3 Å². The van der Waals surface area contributed by atoms with E-state index in [9.17, 15) is 9.59 Å². The number of carbonyl (C=O) groups excluding carboxylic acids is 2. The van der Waals surface area contributed by atoms with Crippen molar-refractivity contribution in [3.8, 4) is 0 Å². The SMILES string of the molecule is CN(C)c1ccc(/C=N/NC(=O)C(=O)Nc2cc(Cl)ccc2Cl)cc1. The lowest BCUT2D eigenvalue weighted by atomic mass is 10.2. The maximum atomic E-state index is 11.8. The molecule has 0 aliphatic heterocycles.